The quantitative estimate of drug-likeness (QED) is 0.623. The van der Waals surface area contributed by atoms with E-state index in [1.54, 1.807) is 0 Å². The average Bonchev–Trinajstić information content (AvgIpc) is 2.64. The first kappa shape index (κ1) is 9.68. The molecule has 74 valence electrons. The third-order valence-electron chi connectivity index (χ3n) is 2.05. The second-order valence-corrected chi connectivity index (χ2v) is 3.79. The lowest BCUT2D eigenvalue weighted by molar-refractivity contribution is 0.390. The maximum atomic E-state index is 5.23. The van der Waals surface area contributed by atoms with Crippen LogP contribution in [0.2, 0.25) is 0 Å². The minimum absolute atomic E-state index is 0.852. The molecule has 4 heteroatoms. The zero-order valence-corrected chi connectivity index (χ0v) is 9.49. The Morgan fingerprint density at radius 3 is 3.14 bits per heavy atom. The van der Waals surface area contributed by atoms with Crippen molar-refractivity contribution in [3.05, 3.63) is 30.2 Å². The standard InChI is InChI=1S/C10H11BrN2O/c1-13(6-11)5-8-2-3-9-10(4-8)14-7-12-9/h2-4,7H,5-6H2,1H3. The minimum Gasteiger partial charge on any atom is -0.443 e. The Morgan fingerprint density at radius 2 is 2.36 bits per heavy atom. The number of halogens is 1. The molecular formula is C10H11BrN2O. The van der Waals surface area contributed by atoms with Crippen molar-refractivity contribution in [3.8, 4) is 0 Å². The molecule has 3 nitrogen and oxygen atoms in total. The molecule has 0 aliphatic carbocycles. The molecule has 0 radical (unpaired) electrons. The molecule has 14 heavy (non-hydrogen) atoms. The van der Waals surface area contributed by atoms with E-state index in [9.17, 15) is 0 Å². The number of fused-ring (bicyclic) bond motifs is 1. The molecule has 2 rings (SSSR count). The number of hydrogen-bond acceptors (Lipinski definition) is 3. The molecule has 0 bridgehead atoms. The van der Waals surface area contributed by atoms with Gasteiger partial charge in [-0.2, -0.15) is 0 Å². The summed E-state index contributed by atoms with van der Waals surface area (Å²) in [6, 6.07) is 6.09. The van der Waals surface area contributed by atoms with E-state index >= 15 is 0 Å². The van der Waals surface area contributed by atoms with Gasteiger partial charge >= 0.3 is 0 Å². The average molecular weight is 255 g/mol. The van der Waals surface area contributed by atoms with Gasteiger partial charge in [-0.25, -0.2) is 4.98 Å². The molecule has 0 amide bonds. The maximum Gasteiger partial charge on any atom is 0.181 e. The number of aromatic nitrogens is 1. The highest BCUT2D eigenvalue weighted by atomic mass is 79.9. The van der Waals surface area contributed by atoms with E-state index < -0.39 is 0 Å². The van der Waals surface area contributed by atoms with Crippen molar-refractivity contribution in [2.75, 3.05) is 12.5 Å². The van der Waals surface area contributed by atoms with Gasteiger partial charge in [0, 0.05) is 6.54 Å². The molecular weight excluding hydrogens is 244 g/mol. The zero-order chi connectivity index (χ0) is 9.97. The van der Waals surface area contributed by atoms with Crippen LogP contribution >= 0.6 is 15.9 Å². The molecule has 0 N–H and O–H groups in total. The minimum atomic E-state index is 0.852. The summed E-state index contributed by atoms with van der Waals surface area (Å²) in [6.07, 6.45) is 1.47. The van der Waals surface area contributed by atoms with Crippen molar-refractivity contribution in [2.24, 2.45) is 0 Å². The van der Waals surface area contributed by atoms with Crippen LogP contribution in [0.1, 0.15) is 5.56 Å². The zero-order valence-electron chi connectivity index (χ0n) is 7.90. The Hall–Kier alpha value is -0.870. The van der Waals surface area contributed by atoms with Crippen LogP contribution in [0.5, 0.6) is 0 Å². The molecule has 0 saturated heterocycles. The number of nitrogens with zero attached hydrogens (tertiary/aromatic N) is 2. The van der Waals surface area contributed by atoms with E-state index in [0.29, 0.717) is 0 Å². The summed E-state index contributed by atoms with van der Waals surface area (Å²) < 4.78 is 5.23. The van der Waals surface area contributed by atoms with Gasteiger partial charge < -0.3 is 4.42 Å². The predicted octanol–water partition coefficient (Wildman–Crippen LogP) is 2.61. The summed E-state index contributed by atoms with van der Waals surface area (Å²) in [7, 11) is 2.05. The van der Waals surface area contributed by atoms with Crippen LogP contribution in [0, 0.1) is 0 Å². The number of oxazole rings is 1. The van der Waals surface area contributed by atoms with E-state index in [0.717, 1.165) is 23.1 Å². The number of alkyl halides is 1. The van der Waals surface area contributed by atoms with Gasteiger partial charge in [-0.05, 0) is 24.7 Å². The molecule has 0 saturated carbocycles. The van der Waals surface area contributed by atoms with Gasteiger partial charge in [-0.3, -0.25) is 4.90 Å². The lowest BCUT2D eigenvalue weighted by atomic mass is 10.2. The van der Waals surface area contributed by atoms with Crippen molar-refractivity contribution in [3.63, 3.8) is 0 Å². The summed E-state index contributed by atoms with van der Waals surface area (Å²) in [6.45, 7) is 0.905. The van der Waals surface area contributed by atoms with Gasteiger partial charge in [0.05, 0.1) is 5.45 Å². The fourth-order valence-corrected chi connectivity index (χ4v) is 1.53. The van der Waals surface area contributed by atoms with Crippen LogP contribution in [-0.2, 0) is 6.54 Å². The van der Waals surface area contributed by atoms with Crippen LogP contribution in [0.25, 0.3) is 11.1 Å². The third-order valence-corrected chi connectivity index (χ3v) is 2.91. The molecule has 2 aromatic rings. The van der Waals surface area contributed by atoms with E-state index in [1.165, 1.54) is 12.0 Å². The lowest BCUT2D eigenvalue weighted by Crippen LogP contribution is -2.14. The Bertz CT molecular complexity index is 427. The smallest absolute Gasteiger partial charge is 0.181 e. The van der Waals surface area contributed by atoms with Crippen molar-refractivity contribution >= 4 is 27.0 Å². The number of hydrogen-bond donors (Lipinski definition) is 0. The topological polar surface area (TPSA) is 29.3 Å². The fourth-order valence-electron chi connectivity index (χ4n) is 1.35. The highest BCUT2D eigenvalue weighted by Gasteiger charge is 2.02. The SMILES string of the molecule is CN(CBr)Cc1ccc2ncoc2c1. The van der Waals surface area contributed by atoms with E-state index in [4.69, 9.17) is 4.42 Å². The molecule has 0 fully saturated rings. The van der Waals surface area contributed by atoms with Crippen molar-refractivity contribution < 1.29 is 4.42 Å². The van der Waals surface area contributed by atoms with E-state index in [2.05, 4.69) is 38.9 Å². The molecule has 1 heterocycles. The molecule has 1 aromatic carbocycles. The molecule has 0 aliphatic heterocycles. The number of benzene rings is 1. The van der Waals surface area contributed by atoms with Crippen LogP contribution in [0.3, 0.4) is 0 Å². The Morgan fingerprint density at radius 1 is 1.50 bits per heavy atom. The highest BCUT2D eigenvalue weighted by molar-refractivity contribution is 9.09. The van der Waals surface area contributed by atoms with Crippen LogP contribution in [0.15, 0.2) is 29.0 Å². The second kappa shape index (κ2) is 4.11. The summed E-state index contributed by atoms with van der Waals surface area (Å²) in [4.78, 5) is 6.23. The first-order valence-electron chi connectivity index (χ1n) is 4.36. The van der Waals surface area contributed by atoms with Gasteiger partial charge in [0.25, 0.3) is 0 Å². The van der Waals surface area contributed by atoms with Crippen molar-refractivity contribution in [2.45, 2.75) is 6.54 Å². The third kappa shape index (κ3) is 1.96. The second-order valence-electron chi connectivity index (χ2n) is 3.29. The van der Waals surface area contributed by atoms with Gasteiger partial charge in [-0.1, -0.05) is 22.0 Å². The monoisotopic (exact) mass is 254 g/mol. The molecule has 0 atom stereocenters. The maximum absolute atomic E-state index is 5.23. The predicted molar refractivity (Wildman–Crippen MR) is 59.3 cm³/mol. The molecule has 0 aliphatic rings. The lowest BCUT2D eigenvalue weighted by Gasteiger charge is -2.12. The summed E-state index contributed by atoms with van der Waals surface area (Å²) in [5.74, 6) is 0. The molecule has 0 unspecified atom stereocenters. The largest absolute Gasteiger partial charge is 0.443 e. The Labute approximate surface area is 90.8 Å². The number of rotatable bonds is 3. The molecule has 1 aromatic heterocycles. The summed E-state index contributed by atoms with van der Waals surface area (Å²) in [5, 5.41) is 0. The van der Waals surface area contributed by atoms with Gasteiger partial charge in [0.2, 0.25) is 0 Å². The normalized spacial score (nSPS) is 11.4. The van der Waals surface area contributed by atoms with Crippen molar-refractivity contribution in [1.82, 2.24) is 9.88 Å². The van der Waals surface area contributed by atoms with Crippen molar-refractivity contribution in [1.29, 1.82) is 0 Å². The fraction of sp³-hybridized carbons (Fsp3) is 0.300. The van der Waals surface area contributed by atoms with Gasteiger partial charge in [-0.15, -0.1) is 0 Å². The van der Waals surface area contributed by atoms with Gasteiger partial charge in [0.15, 0.2) is 12.0 Å². The van der Waals surface area contributed by atoms with E-state index in [1.807, 2.05) is 12.1 Å². The van der Waals surface area contributed by atoms with Crippen LogP contribution in [0.4, 0.5) is 0 Å². The van der Waals surface area contributed by atoms with Crippen LogP contribution in [-0.4, -0.2) is 22.4 Å². The Balaban J connectivity index is 2.25. The first-order chi connectivity index (χ1) is 6.79. The summed E-state index contributed by atoms with van der Waals surface area (Å²) in [5.41, 5.74) is 3.86. The summed E-state index contributed by atoms with van der Waals surface area (Å²) >= 11 is 3.40. The van der Waals surface area contributed by atoms with Gasteiger partial charge in [0.1, 0.15) is 5.52 Å². The molecule has 0 spiro atoms. The highest BCUT2D eigenvalue weighted by Crippen LogP contribution is 2.15. The van der Waals surface area contributed by atoms with E-state index in [-0.39, 0.29) is 0 Å². The Kier molecular flexibility index (Phi) is 2.84. The first-order valence-corrected chi connectivity index (χ1v) is 5.48. The van der Waals surface area contributed by atoms with Crippen LogP contribution < -0.4 is 0 Å².